The third-order valence-corrected chi connectivity index (χ3v) is 5.83. The van der Waals surface area contributed by atoms with Crippen LogP contribution in [0.2, 0.25) is 0 Å². The average molecular weight is 354 g/mol. The monoisotopic (exact) mass is 354 g/mol. The van der Waals surface area contributed by atoms with Crippen LogP contribution in [-0.4, -0.2) is 34.2 Å². The Morgan fingerprint density at radius 3 is 2.77 bits per heavy atom. The lowest BCUT2D eigenvalue weighted by atomic mass is 9.77. The zero-order valence-electron chi connectivity index (χ0n) is 15.4. The summed E-state index contributed by atoms with van der Waals surface area (Å²) in [5.74, 6) is 1.09. The normalized spacial score (nSPS) is 22.7. The molecule has 1 aliphatic heterocycles. The highest BCUT2D eigenvalue weighted by Gasteiger charge is 2.31. The molecule has 1 amide bonds. The Bertz CT molecular complexity index is 833. The third kappa shape index (κ3) is 3.28. The Morgan fingerprint density at radius 2 is 2.04 bits per heavy atom. The van der Waals surface area contributed by atoms with Crippen LogP contribution in [0.3, 0.4) is 0 Å². The molecule has 1 aliphatic carbocycles. The SMILES string of the molecule is CC(C)(O)[C@H]1CC[C@H](NC(=O)c2cnc3c4c(ccc3c2)CCO4)CC1. The van der Waals surface area contributed by atoms with Crippen molar-refractivity contribution in [1.82, 2.24) is 10.3 Å². The van der Waals surface area contributed by atoms with Crippen LogP contribution in [-0.2, 0) is 6.42 Å². The minimum absolute atomic E-state index is 0.0764. The minimum Gasteiger partial charge on any atom is -0.491 e. The summed E-state index contributed by atoms with van der Waals surface area (Å²) < 4.78 is 5.69. The first-order valence-electron chi connectivity index (χ1n) is 9.49. The maximum atomic E-state index is 12.6. The number of nitrogens with zero attached hydrogens (tertiary/aromatic N) is 1. The molecular formula is C21H26N2O3. The molecule has 2 N–H and O–H groups in total. The number of hydrogen-bond acceptors (Lipinski definition) is 4. The van der Waals surface area contributed by atoms with Crippen LogP contribution in [0.15, 0.2) is 24.4 Å². The number of carbonyl (C=O) groups is 1. The molecule has 1 fully saturated rings. The van der Waals surface area contributed by atoms with Crippen LogP contribution < -0.4 is 10.1 Å². The molecule has 1 saturated carbocycles. The van der Waals surface area contributed by atoms with Gasteiger partial charge in [-0.2, -0.15) is 0 Å². The number of benzene rings is 1. The fraction of sp³-hybridized carbons (Fsp3) is 0.524. The van der Waals surface area contributed by atoms with E-state index < -0.39 is 5.60 Å². The van der Waals surface area contributed by atoms with Gasteiger partial charge in [-0.1, -0.05) is 12.1 Å². The van der Waals surface area contributed by atoms with Crippen molar-refractivity contribution < 1.29 is 14.6 Å². The number of carbonyl (C=O) groups excluding carboxylic acids is 1. The van der Waals surface area contributed by atoms with Gasteiger partial charge in [0.2, 0.25) is 0 Å². The summed E-state index contributed by atoms with van der Waals surface area (Å²) in [4.78, 5) is 17.1. The molecule has 2 heterocycles. The lowest BCUT2D eigenvalue weighted by molar-refractivity contribution is -0.00257. The van der Waals surface area contributed by atoms with E-state index in [0.717, 1.165) is 48.8 Å². The molecule has 0 atom stereocenters. The Hall–Kier alpha value is -2.14. The molecule has 1 aromatic heterocycles. The molecule has 5 heteroatoms. The van der Waals surface area contributed by atoms with Gasteiger partial charge < -0.3 is 15.2 Å². The maximum absolute atomic E-state index is 12.6. The summed E-state index contributed by atoms with van der Waals surface area (Å²) in [6, 6.07) is 6.13. The Labute approximate surface area is 153 Å². The number of aromatic nitrogens is 1. The minimum atomic E-state index is -0.639. The van der Waals surface area contributed by atoms with E-state index in [1.165, 1.54) is 5.56 Å². The van der Waals surface area contributed by atoms with E-state index in [1.807, 2.05) is 26.0 Å². The fourth-order valence-electron chi connectivity index (χ4n) is 4.17. The van der Waals surface area contributed by atoms with Gasteiger partial charge >= 0.3 is 0 Å². The van der Waals surface area contributed by atoms with E-state index in [9.17, 15) is 9.90 Å². The molecule has 26 heavy (non-hydrogen) atoms. The van der Waals surface area contributed by atoms with Gasteiger partial charge in [0.25, 0.3) is 5.91 Å². The van der Waals surface area contributed by atoms with Crippen molar-refractivity contribution >= 4 is 16.8 Å². The second kappa shape index (κ2) is 6.54. The van der Waals surface area contributed by atoms with Crippen LogP contribution in [0.4, 0.5) is 0 Å². The predicted molar refractivity (Wildman–Crippen MR) is 100 cm³/mol. The first kappa shape index (κ1) is 17.3. The molecule has 0 unspecified atom stereocenters. The highest BCUT2D eigenvalue weighted by molar-refractivity contribution is 5.98. The summed E-state index contributed by atoms with van der Waals surface area (Å²) >= 11 is 0. The number of rotatable bonds is 3. The Kier molecular flexibility index (Phi) is 4.35. The second-order valence-corrected chi connectivity index (χ2v) is 8.12. The number of ether oxygens (including phenoxy) is 1. The van der Waals surface area contributed by atoms with E-state index in [-0.39, 0.29) is 11.9 Å². The molecule has 1 aromatic carbocycles. The molecule has 0 saturated heterocycles. The second-order valence-electron chi connectivity index (χ2n) is 8.12. The molecule has 2 aromatic rings. The quantitative estimate of drug-likeness (QED) is 0.888. The average Bonchev–Trinajstić information content (AvgIpc) is 3.10. The van der Waals surface area contributed by atoms with Crippen LogP contribution in [0.5, 0.6) is 5.75 Å². The molecule has 2 aliphatic rings. The van der Waals surface area contributed by atoms with Crippen molar-refractivity contribution in [3.05, 3.63) is 35.5 Å². The predicted octanol–water partition coefficient (Wildman–Crippen LogP) is 3.23. The molecule has 0 radical (unpaired) electrons. The first-order chi connectivity index (χ1) is 12.4. The summed E-state index contributed by atoms with van der Waals surface area (Å²) in [6.07, 6.45) is 6.25. The van der Waals surface area contributed by atoms with Crippen molar-refractivity contribution in [3.63, 3.8) is 0 Å². The number of hydrogen-bond donors (Lipinski definition) is 2. The fourth-order valence-corrected chi connectivity index (χ4v) is 4.17. The summed E-state index contributed by atoms with van der Waals surface area (Å²) in [6.45, 7) is 4.45. The van der Waals surface area contributed by atoms with Gasteiger partial charge in [-0.05, 0) is 57.1 Å². The molecule has 0 spiro atoms. The van der Waals surface area contributed by atoms with E-state index >= 15 is 0 Å². The highest BCUT2D eigenvalue weighted by Crippen LogP contribution is 2.34. The number of amides is 1. The molecule has 4 rings (SSSR count). The number of fused-ring (bicyclic) bond motifs is 3. The Morgan fingerprint density at radius 1 is 1.27 bits per heavy atom. The van der Waals surface area contributed by atoms with Crippen LogP contribution in [0.1, 0.15) is 55.5 Å². The van der Waals surface area contributed by atoms with Gasteiger partial charge in [0, 0.05) is 24.0 Å². The zero-order chi connectivity index (χ0) is 18.3. The van der Waals surface area contributed by atoms with E-state index in [4.69, 9.17) is 4.74 Å². The van der Waals surface area contributed by atoms with Gasteiger partial charge in [0.05, 0.1) is 17.8 Å². The summed E-state index contributed by atoms with van der Waals surface area (Å²) in [5.41, 5.74) is 1.97. The van der Waals surface area contributed by atoms with Gasteiger partial charge in [-0.25, -0.2) is 0 Å². The first-order valence-corrected chi connectivity index (χ1v) is 9.49. The topological polar surface area (TPSA) is 71.5 Å². The summed E-state index contributed by atoms with van der Waals surface area (Å²) in [5, 5.41) is 14.2. The van der Waals surface area contributed by atoms with Crippen molar-refractivity contribution in [1.29, 1.82) is 0 Å². The van der Waals surface area contributed by atoms with Gasteiger partial charge in [-0.15, -0.1) is 0 Å². The number of nitrogens with one attached hydrogen (secondary N) is 1. The molecule has 5 nitrogen and oxygen atoms in total. The molecule has 138 valence electrons. The summed E-state index contributed by atoms with van der Waals surface area (Å²) in [7, 11) is 0. The van der Waals surface area contributed by atoms with E-state index in [1.54, 1.807) is 6.20 Å². The van der Waals surface area contributed by atoms with E-state index in [0.29, 0.717) is 18.1 Å². The van der Waals surface area contributed by atoms with Crippen molar-refractivity contribution in [2.24, 2.45) is 5.92 Å². The number of aliphatic hydroxyl groups is 1. The maximum Gasteiger partial charge on any atom is 0.253 e. The smallest absolute Gasteiger partial charge is 0.253 e. The van der Waals surface area contributed by atoms with Gasteiger partial charge in [-0.3, -0.25) is 9.78 Å². The van der Waals surface area contributed by atoms with Crippen molar-refractivity contribution in [2.75, 3.05) is 6.61 Å². The largest absolute Gasteiger partial charge is 0.491 e. The van der Waals surface area contributed by atoms with Crippen LogP contribution in [0, 0.1) is 5.92 Å². The van der Waals surface area contributed by atoms with Crippen LogP contribution >= 0.6 is 0 Å². The highest BCUT2D eigenvalue weighted by atomic mass is 16.5. The lowest BCUT2D eigenvalue weighted by Gasteiger charge is -2.36. The van der Waals surface area contributed by atoms with Crippen LogP contribution in [0.25, 0.3) is 10.9 Å². The zero-order valence-corrected chi connectivity index (χ0v) is 15.4. The molecular weight excluding hydrogens is 328 g/mol. The van der Waals surface area contributed by atoms with Gasteiger partial charge in [0.15, 0.2) is 0 Å². The van der Waals surface area contributed by atoms with Gasteiger partial charge in [0.1, 0.15) is 11.3 Å². The lowest BCUT2D eigenvalue weighted by Crippen LogP contribution is -2.41. The third-order valence-electron chi connectivity index (χ3n) is 5.83. The van der Waals surface area contributed by atoms with Crippen molar-refractivity contribution in [3.8, 4) is 5.75 Å². The Balaban J connectivity index is 1.45. The van der Waals surface area contributed by atoms with E-state index in [2.05, 4.69) is 16.4 Å². The standard InChI is InChI=1S/C21H26N2O3/c1-21(2,25)16-5-7-17(8-6-16)23-20(24)15-11-14-4-3-13-9-10-26-19(13)18(14)22-12-15/h3-4,11-12,16-17,25H,5-10H2,1-2H3,(H,23,24)/t16-,17-. The number of pyridine rings is 1. The van der Waals surface area contributed by atoms with Crippen molar-refractivity contribution in [2.45, 2.75) is 57.6 Å². The molecule has 0 bridgehead atoms.